The Balaban J connectivity index is 2.65. The van der Waals surface area contributed by atoms with Crippen LogP contribution in [0.3, 0.4) is 0 Å². The summed E-state index contributed by atoms with van der Waals surface area (Å²) in [5.74, 6) is -0.882. The second kappa shape index (κ2) is 5.20. The number of methoxy groups -OCH3 is 1. The van der Waals surface area contributed by atoms with Gasteiger partial charge in [-0.2, -0.15) is 13.2 Å². The van der Waals surface area contributed by atoms with Crippen LogP contribution in [0.25, 0.3) is 11.3 Å². The number of nitrogens with one attached hydrogen (secondary N) is 1. The van der Waals surface area contributed by atoms with Crippen molar-refractivity contribution in [1.29, 1.82) is 0 Å². The highest BCUT2D eigenvalue weighted by Gasteiger charge is 2.32. The minimum absolute atomic E-state index is 0.0865. The number of H-pyrrole nitrogens is 1. The van der Waals surface area contributed by atoms with Crippen LogP contribution >= 0.6 is 12.2 Å². The highest BCUT2D eigenvalue weighted by molar-refractivity contribution is 7.71. The van der Waals surface area contributed by atoms with Crippen LogP contribution < -0.4 is 4.74 Å². The van der Waals surface area contributed by atoms with Gasteiger partial charge in [-0.25, -0.2) is 9.37 Å². The highest BCUT2D eigenvalue weighted by Crippen LogP contribution is 2.32. The van der Waals surface area contributed by atoms with Crippen molar-refractivity contribution < 1.29 is 22.3 Å². The molecule has 3 nitrogen and oxygen atoms in total. The van der Waals surface area contributed by atoms with Crippen LogP contribution in [-0.4, -0.2) is 17.1 Å². The van der Waals surface area contributed by atoms with E-state index in [0.717, 1.165) is 0 Å². The molecule has 0 amide bonds. The fourth-order valence-electron chi connectivity index (χ4n) is 1.61. The molecular formula is C12H8F4N2OS. The van der Waals surface area contributed by atoms with E-state index in [2.05, 4.69) is 17.2 Å². The lowest BCUT2D eigenvalue weighted by Crippen LogP contribution is -2.09. The van der Waals surface area contributed by atoms with Crippen molar-refractivity contribution in [1.82, 2.24) is 9.97 Å². The number of benzene rings is 1. The van der Waals surface area contributed by atoms with E-state index in [1.807, 2.05) is 4.98 Å². The molecule has 0 bridgehead atoms. The van der Waals surface area contributed by atoms with Crippen molar-refractivity contribution in [3.05, 3.63) is 40.5 Å². The van der Waals surface area contributed by atoms with E-state index in [9.17, 15) is 17.6 Å². The van der Waals surface area contributed by atoms with E-state index >= 15 is 0 Å². The van der Waals surface area contributed by atoms with Crippen molar-refractivity contribution in [2.75, 3.05) is 7.11 Å². The molecule has 20 heavy (non-hydrogen) atoms. The Morgan fingerprint density at radius 2 is 2.00 bits per heavy atom. The molecule has 0 radical (unpaired) electrons. The van der Waals surface area contributed by atoms with Crippen molar-refractivity contribution >= 4 is 12.2 Å². The van der Waals surface area contributed by atoms with E-state index in [1.54, 1.807) is 0 Å². The largest absolute Gasteiger partial charge is 0.494 e. The van der Waals surface area contributed by atoms with Crippen LogP contribution in [0.2, 0.25) is 0 Å². The first kappa shape index (κ1) is 14.4. The molecule has 0 aliphatic carbocycles. The second-order valence-electron chi connectivity index (χ2n) is 3.80. The smallest absolute Gasteiger partial charge is 0.431 e. The Morgan fingerprint density at radius 1 is 1.30 bits per heavy atom. The third-order valence-electron chi connectivity index (χ3n) is 2.51. The number of aromatic nitrogens is 2. The fourth-order valence-corrected chi connectivity index (χ4v) is 1.82. The van der Waals surface area contributed by atoms with Gasteiger partial charge < -0.3 is 9.72 Å². The zero-order valence-electron chi connectivity index (χ0n) is 10.1. The third-order valence-corrected chi connectivity index (χ3v) is 2.70. The molecule has 2 rings (SSSR count). The molecule has 0 atom stereocenters. The third kappa shape index (κ3) is 2.79. The molecule has 0 fully saturated rings. The van der Waals surface area contributed by atoms with Crippen LogP contribution in [0.1, 0.15) is 5.69 Å². The molecule has 106 valence electrons. The molecule has 0 saturated carbocycles. The molecule has 1 heterocycles. The quantitative estimate of drug-likeness (QED) is 0.674. The van der Waals surface area contributed by atoms with Gasteiger partial charge in [-0.3, -0.25) is 0 Å². The summed E-state index contributed by atoms with van der Waals surface area (Å²) in [6.07, 6.45) is -4.62. The normalized spacial score (nSPS) is 11.4. The van der Waals surface area contributed by atoms with Crippen molar-refractivity contribution in [3.8, 4) is 17.0 Å². The zero-order valence-corrected chi connectivity index (χ0v) is 10.9. The van der Waals surface area contributed by atoms with Crippen molar-refractivity contribution in [2.45, 2.75) is 6.18 Å². The highest BCUT2D eigenvalue weighted by atomic mass is 32.1. The predicted octanol–water partition coefficient (Wildman–Crippen LogP) is 3.97. The summed E-state index contributed by atoms with van der Waals surface area (Å²) >= 11 is 4.64. The van der Waals surface area contributed by atoms with Crippen LogP contribution in [-0.2, 0) is 6.18 Å². The minimum atomic E-state index is -4.62. The molecule has 1 aromatic carbocycles. The predicted molar refractivity (Wildman–Crippen MR) is 66.4 cm³/mol. The molecule has 2 aromatic rings. The van der Waals surface area contributed by atoms with Gasteiger partial charge in [0.2, 0.25) is 0 Å². The first-order chi connectivity index (χ1) is 9.32. The topological polar surface area (TPSA) is 37.9 Å². The number of rotatable bonds is 2. The first-order valence-corrected chi connectivity index (χ1v) is 5.75. The molecule has 0 aliphatic heterocycles. The van der Waals surface area contributed by atoms with Crippen molar-refractivity contribution in [2.24, 2.45) is 0 Å². The van der Waals surface area contributed by atoms with Crippen molar-refractivity contribution in [3.63, 3.8) is 0 Å². The maximum atomic E-state index is 14.0. The number of hydrogen-bond acceptors (Lipinski definition) is 3. The van der Waals surface area contributed by atoms with Gasteiger partial charge in [0.25, 0.3) is 0 Å². The Kier molecular flexibility index (Phi) is 3.76. The molecule has 0 spiro atoms. The summed E-state index contributed by atoms with van der Waals surface area (Å²) in [6.45, 7) is 0. The first-order valence-electron chi connectivity index (χ1n) is 5.34. The molecule has 1 aromatic heterocycles. The van der Waals surface area contributed by atoms with Crippen LogP contribution in [0.5, 0.6) is 5.75 Å². The summed E-state index contributed by atoms with van der Waals surface area (Å²) < 4.78 is 56.5. The summed E-state index contributed by atoms with van der Waals surface area (Å²) in [7, 11) is 1.26. The van der Waals surface area contributed by atoms with E-state index in [4.69, 9.17) is 4.74 Å². The Morgan fingerprint density at radius 3 is 2.60 bits per heavy atom. The van der Waals surface area contributed by atoms with E-state index < -0.39 is 17.7 Å². The maximum absolute atomic E-state index is 14.0. The maximum Gasteiger partial charge on any atom is 0.431 e. The van der Waals surface area contributed by atoms with E-state index in [0.29, 0.717) is 6.07 Å². The second-order valence-corrected chi connectivity index (χ2v) is 4.19. The average Bonchev–Trinajstić information content (AvgIpc) is 2.37. The Labute approximate surface area is 116 Å². The van der Waals surface area contributed by atoms with Gasteiger partial charge in [0.1, 0.15) is 5.69 Å². The molecular weight excluding hydrogens is 296 g/mol. The lowest BCUT2D eigenvalue weighted by atomic mass is 10.1. The molecule has 0 saturated heterocycles. The summed E-state index contributed by atoms with van der Waals surface area (Å²) in [5, 5.41) is 0. The summed E-state index contributed by atoms with van der Waals surface area (Å²) in [5.41, 5.74) is -1.41. The molecule has 0 aliphatic rings. The van der Waals surface area contributed by atoms with Gasteiger partial charge >= 0.3 is 6.18 Å². The monoisotopic (exact) mass is 304 g/mol. The summed E-state index contributed by atoms with van der Waals surface area (Å²) in [4.78, 5) is 5.65. The standard InChI is InChI=1S/C12H8F4N2OS/c1-19-8-4-2-3-6(10(8)13)7-5-9(12(14,15)16)18-11(20)17-7/h2-5H,1H3,(H,17,18,20). The molecule has 1 N–H and O–H groups in total. The Bertz CT molecular complexity index is 697. The van der Waals surface area contributed by atoms with Crippen LogP contribution in [0.15, 0.2) is 24.3 Å². The molecule has 0 unspecified atom stereocenters. The van der Waals surface area contributed by atoms with Gasteiger partial charge in [0.05, 0.1) is 12.8 Å². The number of alkyl halides is 3. The van der Waals surface area contributed by atoms with Gasteiger partial charge in [0, 0.05) is 5.56 Å². The van der Waals surface area contributed by atoms with Gasteiger partial charge in [0.15, 0.2) is 16.3 Å². The SMILES string of the molecule is COc1cccc(-c2cc(C(F)(F)F)[nH]c(=S)n2)c1F. The van der Waals surface area contributed by atoms with Crippen LogP contribution in [0.4, 0.5) is 17.6 Å². The average molecular weight is 304 g/mol. The fraction of sp³-hybridized carbons (Fsp3) is 0.167. The lowest BCUT2D eigenvalue weighted by molar-refractivity contribution is -0.141. The van der Waals surface area contributed by atoms with Crippen LogP contribution in [0, 0.1) is 10.6 Å². The summed E-state index contributed by atoms with van der Waals surface area (Å²) in [6, 6.07) is 4.81. The lowest BCUT2D eigenvalue weighted by Gasteiger charge is -2.10. The number of aromatic amines is 1. The van der Waals surface area contributed by atoms with E-state index in [-0.39, 0.29) is 21.8 Å². The number of halogens is 4. The minimum Gasteiger partial charge on any atom is -0.494 e. The number of ether oxygens (including phenoxy) is 1. The Hall–Kier alpha value is -1.96. The van der Waals surface area contributed by atoms with Gasteiger partial charge in [-0.05, 0) is 30.4 Å². The van der Waals surface area contributed by atoms with Gasteiger partial charge in [-0.1, -0.05) is 6.07 Å². The van der Waals surface area contributed by atoms with Gasteiger partial charge in [-0.15, -0.1) is 0 Å². The molecule has 8 heteroatoms. The van der Waals surface area contributed by atoms with E-state index in [1.165, 1.54) is 25.3 Å². The zero-order chi connectivity index (χ0) is 14.9. The number of nitrogens with zero attached hydrogens (tertiary/aromatic N) is 1. The number of hydrogen-bond donors (Lipinski definition) is 1.